The minimum Gasteiger partial charge on any atom is -0.464 e. The summed E-state index contributed by atoms with van der Waals surface area (Å²) in [4.78, 5) is 19.3. The fraction of sp³-hybridized carbons (Fsp3) is 0.545. The van der Waals surface area contributed by atoms with E-state index in [0.717, 1.165) is 12.8 Å². The molecule has 1 aromatic rings. The van der Waals surface area contributed by atoms with Crippen LogP contribution < -0.4 is 11.1 Å². The third kappa shape index (κ3) is 3.99. The van der Waals surface area contributed by atoms with Crippen LogP contribution in [0.2, 0.25) is 0 Å². The van der Waals surface area contributed by atoms with E-state index in [2.05, 4.69) is 26.9 Å². The number of rotatable bonds is 6. The van der Waals surface area contributed by atoms with Gasteiger partial charge in [0.05, 0.1) is 19.5 Å². The van der Waals surface area contributed by atoms with Crippen molar-refractivity contribution in [2.24, 2.45) is 5.73 Å². The second-order valence-corrected chi connectivity index (χ2v) is 3.65. The number of hydrogen-bond donors (Lipinski definition) is 2. The molecule has 6 heteroatoms. The highest BCUT2D eigenvalue weighted by Gasteiger charge is 2.10. The maximum Gasteiger partial charge on any atom is 0.358 e. The van der Waals surface area contributed by atoms with Gasteiger partial charge in [0.25, 0.3) is 0 Å². The van der Waals surface area contributed by atoms with Crippen molar-refractivity contribution in [3.8, 4) is 0 Å². The van der Waals surface area contributed by atoms with Crippen molar-refractivity contribution in [2.45, 2.75) is 25.8 Å². The Labute approximate surface area is 101 Å². The van der Waals surface area contributed by atoms with Crippen molar-refractivity contribution in [2.75, 3.05) is 19.0 Å². The topological polar surface area (TPSA) is 90.1 Å². The highest BCUT2D eigenvalue weighted by atomic mass is 16.5. The Kier molecular flexibility index (Phi) is 5.35. The normalized spacial score (nSPS) is 11.9. The monoisotopic (exact) mass is 238 g/mol. The van der Waals surface area contributed by atoms with Crippen LogP contribution in [0, 0.1) is 0 Å². The molecule has 0 radical (unpaired) electrons. The molecule has 0 fully saturated rings. The Balaban J connectivity index is 2.74. The summed E-state index contributed by atoms with van der Waals surface area (Å²) in [6, 6.07) is 0.141. The van der Waals surface area contributed by atoms with Gasteiger partial charge < -0.3 is 15.8 Å². The first kappa shape index (κ1) is 13.4. The molecule has 3 N–H and O–H groups in total. The average Bonchev–Trinajstić information content (AvgIpc) is 2.37. The highest BCUT2D eigenvalue weighted by molar-refractivity contribution is 5.87. The molecule has 1 heterocycles. The lowest BCUT2D eigenvalue weighted by Crippen LogP contribution is -2.29. The molecule has 17 heavy (non-hydrogen) atoms. The molecule has 1 unspecified atom stereocenters. The summed E-state index contributed by atoms with van der Waals surface area (Å²) < 4.78 is 4.58. The number of aromatic nitrogens is 2. The van der Waals surface area contributed by atoms with Crippen molar-refractivity contribution in [3.63, 3.8) is 0 Å². The van der Waals surface area contributed by atoms with Crippen LogP contribution in [-0.2, 0) is 4.74 Å². The third-order valence-corrected chi connectivity index (χ3v) is 2.30. The van der Waals surface area contributed by atoms with Crippen molar-refractivity contribution >= 4 is 11.8 Å². The molecule has 1 aromatic heterocycles. The molecular formula is C11H18N4O2. The number of methoxy groups -OCH3 is 1. The van der Waals surface area contributed by atoms with Gasteiger partial charge in [0, 0.05) is 12.6 Å². The molecule has 0 saturated heterocycles. The van der Waals surface area contributed by atoms with Crippen LogP contribution in [0.15, 0.2) is 12.4 Å². The molecule has 0 saturated carbocycles. The van der Waals surface area contributed by atoms with Crippen molar-refractivity contribution in [1.29, 1.82) is 0 Å². The van der Waals surface area contributed by atoms with Crippen LogP contribution in [-0.4, -0.2) is 35.6 Å². The van der Waals surface area contributed by atoms with Crippen LogP contribution in [0.1, 0.15) is 30.3 Å². The molecule has 0 amide bonds. The molecule has 0 aliphatic rings. The van der Waals surface area contributed by atoms with Gasteiger partial charge in [-0.2, -0.15) is 0 Å². The number of carbonyl (C=O) groups excluding carboxylic acids is 1. The average molecular weight is 238 g/mol. The minimum atomic E-state index is -0.499. The number of nitrogens with one attached hydrogen (secondary N) is 1. The van der Waals surface area contributed by atoms with E-state index in [4.69, 9.17) is 5.73 Å². The van der Waals surface area contributed by atoms with Gasteiger partial charge in [0.2, 0.25) is 0 Å². The van der Waals surface area contributed by atoms with Gasteiger partial charge in [-0.3, -0.25) is 4.98 Å². The molecule has 1 rings (SSSR count). The third-order valence-electron chi connectivity index (χ3n) is 2.30. The number of nitrogens with zero attached hydrogens (tertiary/aromatic N) is 2. The zero-order chi connectivity index (χ0) is 12.7. The van der Waals surface area contributed by atoms with E-state index in [1.54, 1.807) is 6.20 Å². The van der Waals surface area contributed by atoms with Crippen molar-refractivity contribution in [3.05, 3.63) is 18.1 Å². The van der Waals surface area contributed by atoms with E-state index in [1.165, 1.54) is 13.3 Å². The minimum absolute atomic E-state index is 0.141. The van der Waals surface area contributed by atoms with Gasteiger partial charge in [0.1, 0.15) is 5.82 Å². The Morgan fingerprint density at radius 1 is 1.59 bits per heavy atom. The van der Waals surface area contributed by atoms with Gasteiger partial charge in [-0.1, -0.05) is 13.3 Å². The van der Waals surface area contributed by atoms with Gasteiger partial charge >= 0.3 is 5.97 Å². The zero-order valence-corrected chi connectivity index (χ0v) is 10.1. The Bertz CT molecular complexity index is 370. The van der Waals surface area contributed by atoms with Gasteiger partial charge in [0.15, 0.2) is 5.69 Å². The van der Waals surface area contributed by atoms with Crippen LogP contribution in [0.3, 0.4) is 0 Å². The van der Waals surface area contributed by atoms with Gasteiger partial charge in [-0.25, -0.2) is 9.78 Å². The van der Waals surface area contributed by atoms with E-state index in [0.29, 0.717) is 12.4 Å². The van der Waals surface area contributed by atoms with Crippen LogP contribution in [0.4, 0.5) is 5.82 Å². The predicted octanol–water partition coefficient (Wildman–Crippen LogP) is 0.802. The van der Waals surface area contributed by atoms with E-state index in [9.17, 15) is 4.79 Å². The molecule has 0 spiro atoms. The maximum absolute atomic E-state index is 11.3. The van der Waals surface area contributed by atoms with Crippen LogP contribution in [0.25, 0.3) is 0 Å². The van der Waals surface area contributed by atoms with E-state index in [-0.39, 0.29) is 11.7 Å². The summed E-state index contributed by atoms with van der Waals surface area (Å²) in [5.41, 5.74) is 5.81. The largest absolute Gasteiger partial charge is 0.464 e. The standard InChI is InChI=1S/C11H18N4O2/c1-3-4-8(5-12)14-10-7-13-6-9(15-10)11(16)17-2/h6-8H,3-5,12H2,1-2H3,(H,14,15). The molecule has 0 aromatic carbocycles. The first-order valence-corrected chi connectivity index (χ1v) is 5.58. The summed E-state index contributed by atoms with van der Waals surface area (Å²) in [7, 11) is 1.31. The number of hydrogen-bond acceptors (Lipinski definition) is 6. The molecule has 6 nitrogen and oxygen atoms in total. The maximum atomic E-state index is 11.3. The summed E-state index contributed by atoms with van der Waals surface area (Å²) in [6.45, 7) is 2.60. The Hall–Kier alpha value is -1.69. The summed E-state index contributed by atoms with van der Waals surface area (Å²) >= 11 is 0. The fourth-order valence-electron chi connectivity index (χ4n) is 1.44. The number of anilines is 1. The molecular weight excluding hydrogens is 220 g/mol. The van der Waals surface area contributed by atoms with Gasteiger partial charge in [-0.05, 0) is 6.42 Å². The second-order valence-electron chi connectivity index (χ2n) is 3.65. The first-order chi connectivity index (χ1) is 8.21. The lowest BCUT2D eigenvalue weighted by atomic mass is 10.2. The quantitative estimate of drug-likeness (QED) is 0.712. The Morgan fingerprint density at radius 3 is 2.94 bits per heavy atom. The van der Waals surface area contributed by atoms with Crippen LogP contribution in [0.5, 0.6) is 0 Å². The van der Waals surface area contributed by atoms with Gasteiger partial charge in [-0.15, -0.1) is 0 Å². The summed E-state index contributed by atoms with van der Waals surface area (Å²) in [5.74, 6) is 0.0396. The number of ether oxygens (including phenoxy) is 1. The Morgan fingerprint density at radius 2 is 2.35 bits per heavy atom. The SMILES string of the molecule is CCCC(CN)Nc1cncc(C(=O)OC)n1. The lowest BCUT2D eigenvalue weighted by molar-refractivity contribution is 0.0593. The highest BCUT2D eigenvalue weighted by Crippen LogP contribution is 2.07. The first-order valence-electron chi connectivity index (χ1n) is 5.58. The number of carbonyl (C=O) groups is 1. The summed E-state index contributed by atoms with van der Waals surface area (Å²) in [5, 5.41) is 3.14. The van der Waals surface area contributed by atoms with E-state index >= 15 is 0 Å². The lowest BCUT2D eigenvalue weighted by Gasteiger charge is -2.16. The smallest absolute Gasteiger partial charge is 0.358 e. The van der Waals surface area contributed by atoms with Crippen molar-refractivity contribution < 1.29 is 9.53 Å². The van der Waals surface area contributed by atoms with E-state index < -0.39 is 5.97 Å². The second kappa shape index (κ2) is 6.80. The number of nitrogens with two attached hydrogens (primary N) is 1. The molecule has 94 valence electrons. The van der Waals surface area contributed by atoms with Crippen molar-refractivity contribution in [1.82, 2.24) is 9.97 Å². The zero-order valence-electron chi connectivity index (χ0n) is 10.1. The number of esters is 1. The molecule has 0 aliphatic carbocycles. The molecule has 0 bridgehead atoms. The summed E-state index contributed by atoms with van der Waals surface area (Å²) in [6.07, 6.45) is 4.90. The van der Waals surface area contributed by atoms with E-state index in [1.807, 2.05) is 0 Å². The molecule has 1 atom stereocenters. The molecule has 0 aliphatic heterocycles. The van der Waals surface area contributed by atoms with Crippen LogP contribution >= 0.6 is 0 Å². The fourth-order valence-corrected chi connectivity index (χ4v) is 1.44. The predicted molar refractivity (Wildman–Crippen MR) is 64.7 cm³/mol.